The van der Waals surface area contributed by atoms with Gasteiger partial charge in [0, 0.05) is 12.1 Å². The highest BCUT2D eigenvalue weighted by Gasteiger charge is 2.31. The molecule has 23 heavy (non-hydrogen) atoms. The van der Waals surface area contributed by atoms with E-state index in [1.807, 2.05) is 6.07 Å². The molecule has 0 aliphatic carbocycles. The minimum absolute atomic E-state index is 0.0209. The molecule has 0 radical (unpaired) electrons. The number of carbonyl (C=O) groups is 2. The Hall–Kier alpha value is -2.54. The number of anilines is 2. The monoisotopic (exact) mass is 329 g/mol. The van der Waals surface area contributed by atoms with E-state index in [9.17, 15) is 14.8 Å². The second kappa shape index (κ2) is 6.29. The Morgan fingerprint density at radius 1 is 1.30 bits per heavy atom. The van der Waals surface area contributed by atoms with Gasteiger partial charge in [0.1, 0.15) is 6.54 Å². The third kappa shape index (κ3) is 3.14. The molecule has 7 heteroatoms. The average molecular weight is 329 g/mol. The van der Waals surface area contributed by atoms with E-state index in [0.29, 0.717) is 16.4 Å². The Morgan fingerprint density at radius 2 is 2.04 bits per heavy atom. The molecule has 0 fully saturated rings. The molecule has 1 aliphatic heterocycles. The van der Waals surface area contributed by atoms with Crippen LogP contribution in [0.25, 0.3) is 0 Å². The minimum Gasteiger partial charge on any atom is -0.618 e. The summed E-state index contributed by atoms with van der Waals surface area (Å²) in [6.07, 6.45) is 1.39. The largest absolute Gasteiger partial charge is 0.618 e. The molecule has 3 rings (SSSR count). The quantitative estimate of drug-likeness (QED) is 0.529. The first-order chi connectivity index (χ1) is 11.1. The number of amides is 2. The molecular formula is C16H15N3O3S. The third-order valence-corrected chi connectivity index (χ3v) is 4.58. The molecule has 0 saturated carbocycles. The van der Waals surface area contributed by atoms with Gasteiger partial charge in [0.25, 0.3) is 5.03 Å². The van der Waals surface area contributed by atoms with E-state index in [4.69, 9.17) is 0 Å². The minimum atomic E-state index is -0.489. The Morgan fingerprint density at radius 3 is 2.83 bits per heavy atom. The fourth-order valence-corrected chi connectivity index (χ4v) is 3.30. The van der Waals surface area contributed by atoms with Crippen molar-refractivity contribution in [3.8, 4) is 0 Å². The summed E-state index contributed by atoms with van der Waals surface area (Å²) in [6, 6.07) is 12.2. The van der Waals surface area contributed by atoms with E-state index in [-0.39, 0.29) is 18.4 Å². The van der Waals surface area contributed by atoms with Gasteiger partial charge in [-0.25, -0.2) is 0 Å². The van der Waals surface area contributed by atoms with Crippen LogP contribution in [-0.2, 0) is 9.59 Å². The molecule has 0 saturated heterocycles. The number of carbonyl (C=O) groups excluding carboxylic acids is 2. The maximum atomic E-state index is 12.7. The SMILES string of the molecule is CC(Sc1cccc[n+]1[O-])C(=O)N1CC(=O)Nc2ccccc21. The zero-order valence-electron chi connectivity index (χ0n) is 12.4. The topological polar surface area (TPSA) is 76.3 Å². The Bertz CT molecular complexity index is 766. The number of hydrogen-bond donors (Lipinski definition) is 1. The van der Waals surface area contributed by atoms with Crippen LogP contribution in [-0.4, -0.2) is 23.6 Å². The van der Waals surface area contributed by atoms with E-state index in [1.54, 1.807) is 43.3 Å². The molecule has 118 valence electrons. The van der Waals surface area contributed by atoms with Crippen molar-refractivity contribution in [3.05, 3.63) is 53.9 Å². The molecule has 1 unspecified atom stereocenters. The number of aromatic nitrogens is 1. The second-order valence-corrected chi connectivity index (χ2v) is 6.48. The van der Waals surface area contributed by atoms with Crippen molar-refractivity contribution in [3.63, 3.8) is 0 Å². The van der Waals surface area contributed by atoms with Crippen molar-refractivity contribution < 1.29 is 14.3 Å². The molecule has 1 atom stereocenters. The molecular weight excluding hydrogens is 314 g/mol. The van der Waals surface area contributed by atoms with Crippen molar-refractivity contribution in [2.24, 2.45) is 0 Å². The molecule has 1 aromatic carbocycles. The van der Waals surface area contributed by atoms with Gasteiger partial charge in [-0.1, -0.05) is 12.1 Å². The fourth-order valence-electron chi connectivity index (χ4n) is 2.38. The number of nitrogens with one attached hydrogen (secondary N) is 1. The molecule has 2 amide bonds. The third-order valence-electron chi connectivity index (χ3n) is 3.47. The highest BCUT2D eigenvalue weighted by Crippen LogP contribution is 2.31. The van der Waals surface area contributed by atoms with E-state index in [0.717, 1.165) is 4.73 Å². The number of hydrogen-bond acceptors (Lipinski definition) is 4. The van der Waals surface area contributed by atoms with Crippen molar-refractivity contribution in [2.75, 3.05) is 16.8 Å². The summed E-state index contributed by atoms with van der Waals surface area (Å²) in [4.78, 5) is 26.0. The van der Waals surface area contributed by atoms with Gasteiger partial charge in [-0.15, -0.1) is 0 Å². The number of benzene rings is 1. The molecule has 2 heterocycles. The maximum Gasteiger partial charge on any atom is 0.252 e. The van der Waals surface area contributed by atoms with Crippen molar-refractivity contribution in [2.45, 2.75) is 17.2 Å². The van der Waals surface area contributed by atoms with Crippen molar-refractivity contribution in [1.29, 1.82) is 0 Å². The lowest BCUT2D eigenvalue weighted by Crippen LogP contribution is -2.45. The lowest BCUT2D eigenvalue weighted by atomic mass is 10.2. The van der Waals surface area contributed by atoms with E-state index in [1.165, 1.54) is 22.9 Å². The first-order valence-corrected chi connectivity index (χ1v) is 7.99. The highest BCUT2D eigenvalue weighted by atomic mass is 32.2. The second-order valence-electron chi connectivity index (χ2n) is 5.11. The van der Waals surface area contributed by atoms with Gasteiger partial charge in [0.15, 0.2) is 6.20 Å². The van der Waals surface area contributed by atoms with Gasteiger partial charge in [0.05, 0.1) is 16.6 Å². The first-order valence-electron chi connectivity index (χ1n) is 7.11. The number of rotatable bonds is 3. The van der Waals surface area contributed by atoms with Crippen LogP contribution in [0.5, 0.6) is 0 Å². The Labute approximate surface area is 137 Å². The summed E-state index contributed by atoms with van der Waals surface area (Å²) in [7, 11) is 0. The first kappa shape index (κ1) is 15.4. The van der Waals surface area contributed by atoms with E-state index >= 15 is 0 Å². The van der Waals surface area contributed by atoms with Gasteiger partial charge >= 0.3 is 0 Å². The fraction of sp³-hybridized carbons (Fsp3) is 0.188. The van der Waals surface area contributed by atoms with Crippen LogP contribution < -0.4 is 14.9 Å². The zero-order valence-corrected chi connectivity index (χ0v) is 13.2. The van der Waals surface area contributed by atoms with Crippen molar-refractivity contribution >= 4 is 35.0 Å². The maximum absolute atomic E-state index is 12.7. The van der Waals surface area contributed by atoms with Crippen LogP contribution in [0, 0.1) is 5.21 Å². The zero-order chi connectivity index (χ0) is 16.4. The van der Waals surface area contributed by atoms with Gasteiger partial charge < -0.3 is 10.5 Å². The van der Waals surface area contributed by atoms with E-state index < -0.39 is 5.25 Å². The summed E-state index contributed by atoms with van der Waals surface area (Å²) in [6.45, 7) is 1.71. The molecule has 1 N–H and O–H groups in total. The normalized spacial score (nSPS) is 14.8. The number of fused-ring (bicyclic) bond motifs is 1. The molecule has 1 aliphatic rings. The predicted octanol–water partition coefficient (Wildman–Crippen LogP) is 1.79. The van der Waals surface area contributed by atoms with Gasteiger partial charge in [-0.05, 0) is 36.9 Å². The van der Waals surface area contributed by atoms with Gasteiger partial charge in [0.2, 0.25) is 11.8 Å². The Kier molecular flexibility index (Phi) is 4.20. The number of para-hydroxylation sites is 2. The number of thioether (sulfide) groups is 1. The highest BCUT2D eigenvalue weighted by molar-refractivity contribution is 8.00. The molecule has 2 aromatic rings. The van der Waals surface area contributed by atoms with E-state index in [2.05, 4.69) is 5.32 Å². The lowest BCUT2D eigenvalue weighted by molar-refractivity contribution is -0.645. The summed E-state index contributed by atoms with van der Waals surface area (Å²) in [5, 5.41) is 14.4. The molecule has 0 spiro atoms. The van der Waals surface area contributed by atoms with Gasteiger partial charge in [-0.2, -0.15) is 4.73 Å². The average Bonchev–Trinajstić information content (AvgIpc) is 2.55. The Balaban J connectivity index is 1.83. The van der Waals surface area contributed by atoms with Crippen LogP contribution in [0.3, 0.4) is 0 Å². The standard InChI is InChI=1S/C16H15N3O3S/c1-11(23-15-8-4-5-9-19(15)22)16(21)18-10-14(20)17-12-6-2-3-7-13(12)18/h2-9,11H,10H2,1H3,(H,17,20). The summed E-state index contributed by atoms with van der Waals surface area (Å²) in [5.41, 5.74) is 1.29. The molecule has 1 aromatic heterocycles. The van der Waals surface area contributed by atoms with Gasteiger partial charge in [-0.3, -0.25) is 14.5 Å². The van der Waals surface area contributed by atoms with Crippen LogP contribution in [0.1, 0.15) is 6.92 Å². The molecule has 0 bridgehead atoms. The van der Waals surface area contributed by atoms with Crippen LogP contribution in [0.15, 0.2) is 53.7 Å². The van der Waals surface area contributed by atoms with Crippen LogP contribution in [0.4, 0.5) is 11.4 Å². The summed E-state index contributed by atoms with van der Waals surface area (Å²) < 4.78 is 0.727. The van der Waals surface area contributed by atoms with Crippen LogP contribution >= 0.6 is 11.8 Å². The molecule has 6 nitrogen and oxygen atoms in total. The number of pyridine rings is 1. The van der Waals surface area contributed by atoms with Crippen LogP contribution in [0.2, 0.25) is 0 Å². The van der Waals surface area contributed by atoms with Crippen molar-refractivity contribution in [1.82, 2.24) is 0 Å². The predicted molar refractivity (Wildman–Crippen MR) is 88.1 cm³/mol. The summed E-state index contributed by atoms with van der Waals surface area (Å²) in [5.74, 6) is -0.436. The smallest absolute Gasteiger partial charge is 0.252 e. The number of nitrogens with zero attached hydrogens (tertiary/aromatic N) is 2. The summed E-state index contributed by atoms with van der Waals surface area (Å²) >= 11 is 1.18. The lowest BCUT2D eigenvalue weighted by Gasteiger charge is -2.30.